The van der Waals surface area contributed by atoms with Crippen molar-refractivity contribution in [3.63, 3.8) is 0 Å². The van der Waals surface area contributed by atoms with Crippen molar-refractivity contribution in [2.24, 2.45) is 0 Å². The summed E-state index contributed by atoms with van der Waals surface area (Å²) in [5.74, 6) is 0. The Hall–Kier alpha value is -0.160. The van der Waals surface area contributed by atoms with E-state index in [1.54, 1.807) is 0 Å². The third-order valence-corrected chi connectivity index (χ3v) is 3.37. The minimum atomic E-state index is -0.103. The van der Waals surface area contributed by atoms with Crippen molar-refractivity contribution in [3.8, 4) is 0 Å². The minimum Gasteiger partial charge on any atom is -0.350 e. The summed E-state index contributed by atoms with van der Waals surface area (Å²) in [5, 5.41) is 8.31. The predicted molar refractivity (Wildman–Crippen MR) is 70.4 cm³/mol. The molecule has 0 radical (unpaired) electrons. The topological polar surface area (TPSA) is 47.9 Å². The first-order valence-electron chi connectivity index (χ1n) is 7.40. The SMILES string of the molecule is CCCCCCCCCCC1OCC(COO)O1. The summed E-state index contributed by atoms with van der Waals surface area (Å²) in [6.45, 7) is 2.98. The van der Waals surface area contributed by atoms with Crippen LogP contribution in [-0.2, 0) is 14.4 Å². The van der Waals surface area contributed by atoms with E-state index in [1.807, 2.05) is 0 Å². The third kappa shape index (κ3) is 7.31. The van der Waals surface area contributed by atoms with E-state index in [4.69, 9.17) is 14.7 Å². The first kappa shape index (κ1) is 15.9. The average molecular weight is 260 g/mol. The normalized spacial score (nSPS) is 23.7. The quantitative estimate of drug-likeness (QED) is 0.349. The molecule has 0 bridgehead atoms. The van der Waals surface area contributed by atoms with Gasteiger partial charge in [0.1, 0.15) is 12.7 Å². The van der Waals surface area contributed by atoms with Gasteiger partial charge >= 0.3 is 0 Å². The molecule has 0 aromatic carbocycles. The second-order valence-corrected chi connectivity index (χ2v) is 5.08. The van der Waals surface area contributed by atoms with Gasteiger partial charge in [-0.05, 0) is 12.8 Å². The van der Waals surface area contributed by atoms with Crippen molar-refractivity contribution in [1.29, 1.82) is 0 Å². The van der Waals surface area contributed by atoms with E-state index in [1.165, 1.54) is 44.9 Å². The van der Waals surface area contributed by atoms with Crippen LogP contribution in [0.2, 0.25) is 0 Å². The molecule has 4 heteroatoms. The van der Waals surface area contributed by atoms with Gasteiger partial charge in [-0.3, -0.25) is 5.26 Å². The highest BCUT2D eigenvalue weighted by Crippen LogP contribution is 2.18. The molecule has 1 heterocycles. The standard InChI is InChI=1S/C14H28O4/c1-2-3-4-5-6-7-8-9-10-14-16-11-13(18-14)12-17-15/h13-15H,2-12H2,1H3. The van der Waals surface area contributed by atoms with E-state index in [2.05, 4.69) is 11.8 Å². The summed E-state index contributed by atoms with van der Waals surface area (Å²) in [7, 11) is 0. The van der Waals surface area contributed by atoms with E-state index in [0.717, 1.165) is 12.8 Å². The van der Waals surface area contributed by atoms with E-state index in [0.29, 0.717) is 6.61 Å². The number of ether oxygens (including phenoxy) is 2. The summed E-state index contributed by atoms with van der Waals surface area (Å²) < 4.78 is 11.0. The van der Waals surface area contributed by atoms with Crippen molar-refractivity contribution in [2.45, 2.75) is 77.1 Å². The Bertz CT molecular complexity index is 187. The fourth-order valence-corrected chi connectivity index (χ4v) is 2.27. The van der Waals surface area contributed by atoms with Crippen LogP contribution in [0.25, 0.3) is 0 Å². The lowest BCUT2D eigenvalue weighted by atomic mass is 10.1. The van der Waals surface area contributed by atoms with Gasteiger partial charge in [-0.25, -0.2) is 4.89 Å². The number of hydrogen-bond acceptors (Lipinski definition) is 4. The molecule has 18 heavy (non-hydrogen) atoms. The van der Waals surface area contributed by atoms with Crippen molar-refractivity contribution < 1.29 is 19.6 Å². The Morgan fingerprint density at radius 3 is 2.39 bits per heavy atom. The first-order chi connectivity index (χ1) is 8.86. The Labute approximate surface area is 111 Å². The lowest BCUT2D eigenvalue weighted by Crippen LogP contribution is -2.18. The minimum absolute atomic E-state index is 0.0924. The largest absolute Gasteiger partial charge is 0.350 e. The van der Waals surface area contributed by atoms with Crippen molar-refractivity contribution >= 4 is 0 Å². The summed E-state index contributed by atoms with van der Waals surface area (Å²) in [4.78, 5) is 4.06. The van der Waals surface area contributed by atoms with Crippen molar-refractivity contribution in [2.75, 3.05) is 13.2 Å². The smallest absolute Gasteiger partial charge is 0.158 e. The lowest BCUT2D eigenvalue weighted by molar-refractivity contribution is -0.258. The van der Waals surface area contributed by atoms with Gasteiger partial charge in [0.2, 0.25) is 0 Å². The summed E-state index contributed by atoms with van der Waals surface area (Å²) in [6.07, 6.45) is 11.3. The van der Waals surface area contributed by atoms with Crippen LogP contribution >= 0.6 is 0 Å². The fourth-order valence-electron chi connectivity index (χ4n) is 2.27. The summed E-state index contributed by atoms with van der Waals surface area (Å²) in [5.41, 5.74) is 0. The third-order valence-electron chi connectivity index (χ3n) is 3.37. The van der Waals surface area contributed by atoms with Crippen molar-refractivity contribution in [1.82, 2.24) is 0 Å². The van der Waals surface area contributed by atoms with Gasteiger partial charge < -0.3 is 9.47 Å². The molecule has 0 aliphatic carbocycles. The predicted octanol–water partition coefficient (Wildman–Crippen LogP) is 3.75. The fraction of sp³-hybridized carbons (Fsp3) is 1.00. The maximum atomic E-state index is 8.31. The van der Waals surface area contributed by atoms with Crippen LogP contribution in [0.3, 0.4) is 0 Å². The maximum absolute atomic E-state index is 8.31. The molecule has 0 spiro atoms. The molecule has 2 unspecified atom stereocenters. The van der Waals surface area contributed by atoms with Crippen LogP contribution in [0.15, 0.2) is 0 Å². The summed E-state index contributed by atoms with van der Waals surface area (Å²) in [6, 6.07) is 0. The second-order valence-electron chi connectivity index (χ2n) is 5.08. The van der Waals surface area contributed by atoms with Gasteiger partial charge in [-0.1, -0.05) is 51.9 Å². The van der Waals surface area contributed by atoms with Gasteiger partial charge in [-0.15, -0.1) is 0 Å². The van der Waals surface area contributed by atoms with Crippen LogP contribution in [0.1, 0.15) is 64.7 Å². The number of hydrogen-bond donors (Lipinski definition) is 1. The molecule has 2 atom stereocenters. The van der Waals surface area contributed by atoms with Crippen LogP contribution in [-0.4, -0.2) is 30.9 Å². The van der Waals surface area contributed by atoms with E-state index in [-0.39, 0.29) is 19.0 Å². The zero-order chi connectivity index (χ0) is 13.1. The average Bonchev–Trinajstić information content (AvgIpc) is 2.81. The molecule has 1 rings (SSSR count). The second kappa shape index (κ2) is 10.7. The molecule has 0 aromatic heterocycles. The molecular formula is C14H28O4. The molecule has 1 N–H and O–H groups in total. The van der Waals surface area contributed by atoms with Gasteiger partial charge in [0.25, 0.3) is 0 Å². The molecule has 0 amide bonds. The van der Waals surface area contributed by atoms with Gasteiger partial charge in [0.15, 0.2) is 6.29 Å². The van der Waals surface area contributed by atoms with Gasteiger partial charge in [0.05, 0.1) is 6.61 Å². The molecule has 4 nitrogen and oxygen atoms in total. The van der Waals surface area contributed by atoms with Crippen LogP contribution < -0.4 is 0 Å². The van der Waals surface area contributed by atoms with E-state index < -0.39 is 0 Å². The summed E-state index contributed by atoms with van der Waals surface area (Å²) >= 11 is 0. The van der Waals surface area contributed by atoms with Crippen LogP contribution in [0, 0.1) is 0 Å². The van der Waals surface area contributed by atoms with Gasteiger partial charge in [-0.2, -0.15) is 0 Å². The molecule has 1 aliphatic heterocycles. The zero-order valence-electron chi connectivity index (χ0n) is 11.6. The lowest BCUT2D eigenvalue weighted by Gasteiger charge is -2.10. The van der Waals surface area contributed by atoms with Gasteiger partial charge in [0, 0.05) is 0 Å². The molecule has 1 fully saturated rings. The van der Waals surface area contributed by atoms with E-state index in [9.17, 15) is 0 Å². The van der Waals surface area contributed by atoms with Crippen molar-refractivity contribution in [3.05, 3.63) is 0 Å². The molecule has 1 aliphatic rings. The molecule has 1 saturated heterocycles. The Morgan fingerprint density at radius 2 is 1.72 bits per heavy atom. The zero-order valence-corrected chi connectivity index (χ0v) is 11.6. The highest BCUT2D eigenvalue weighted by molar-refractivity contribution is 4.64. The molecule has 108 valence electrons. The van der Waals surface area contributed by atoms with E-state index >= 15 is 0 Å². The Balaban J connectivity index is 1.84. The first-order valence-corrected chi connectivity index (χ1v) is 7.40. The highest BCUT2D eigenvalue weighted by Gasteiger charge is 2.25. The molecule has 0 saturated carbocycles. The maximum Gasteiger partial charge on any atom is 0.158 e. The Morgan fingerprint density at radius 1 is 1.06 bits per heavy atom. The number of unbranched alkanes of at least 4 members (excludes halogenated alkanes) is 7. The monoisotopic (exact) mass is 260 g/mol. The number of rotatable bonds is 11. The molecular weight excluding hydrogens is 232 g/mol. The van der Waals surface area contributed by atoms with Crippen LogP contribution in [0.5, 0.6) is 0 Å². The van der Waals surface area contributed by atoms with Crippen LogP contribution in [0.4, 0.5) is 0 Å². The molecule has 0 aromatic rings. The Kier molecular flexibility index (Phi) is 9.48. The highest BCUT2D eigenvalue weighted by atomic mass is 17.1.